The lowest BCUT2D eigenvalue weighted by Gasteiger charge is -2.35. The molecule has 0 aliphatic carbocycles. The number of anilines is 3. The Morgan fingerprint density at radius 1 is 0.926 bits per heavy atom. The maximum atomic E-state index is 14.4. The highest BCUT2D eigenvalue weighted by molar-refractivity contribution is 6.02. The van der Waals surface area contributed by atoms with Crippen LogP contribution in [0.4, 0.5) is 39.8 Å². The maximum Gasteiger partial charge on any atom is 0.416 e. The number of benzene rings is 3. The molecule has 54 heavy (non-hydrogen) atoms. The number of carbonyl (C=O) groups is 3. The van der Waals surface area contributed by atoms with E-state index in [0.717, 1.165) is 37.1 Å². The number of aliphatic hydroxyl groups excluding tert-OH is 1. The Morgan fingerprint density at radius 2 is 1.57 bits per heavy atom. The summed E-state index contributed by atoms with van der Waals surface area (Å²) >= 11 is 0. The van der Waals surface area contributed by atoms with Crippen molar-refractivity contribution >= 4 is 35.0 Å². The minimum absolute atomic E-state index is 0.110. The van der Waals surface area contributed by atoms with Gasteiger partial charge >= 0.3 is 18.2 Å². The van der Waals surface area contributed by atoms with Crippen LogP contribution in [0.5, 0.6) is 17.2 Å². The first kappa shape index (κ1) is 40.0. The first-order chi connectivity index (χ1) is 25.7. The molecule has 5 amide bonds. The molecule has 5 rings (SSSR count). The second-order valence-corrected chi connectivity index (χ2v) is 13.5. The van der Waals surface area contributed by atoms with Crippen LogP contribution in [0.25, 0.3) is 0 Å². The lowest BCUT2D eigenvalue weighted by molar-refractivity contribution is -0.137. The fourth-order valence-electron chi connectivity index (χ4n) is 6.04. The van der Waals surface area contributed by atoms with Gasteiger partial charge in [-0.15, -0.1) is 0 Å². The molecule has 13 nitrogen and oxygen atoms in total. The van der Waals surface area contributed by atoms with Crippen LogP contribution in [-0.2, 0) is 10.9 Å². The second-order valence-electron chi connectivity index (χ2n) is 13.5. The summed E-state index contributed by atoms with van der Waals surface area (Å²) in [6.07, 6.45) is -3.14. The quantitative estimate of drug-likeness (QED) is 0.201. The first-order valence-corrected chi connectivity index (χ1v) is 17.7. The SMILES string of the molecule is C[C@@H]1CCCCO[C@H](CN(C)C(=O)Nc2ccc3c(c2)OCO3)[C@@H](C)CN([C@H](C)CO)C(=O)c2cc(NC(=O)Nc3ccc(C(F)(F)F)cc3)ccc2O1. The second kappa shape index (κ2) is 17.7. The summed E-state index contributed by atoms with van der Waals surface area (Å²) in [6, 6.07) is 12.0. The van der Waals surface area contributed by atoms with Crippen LogP contribution in [0.15, 0.2) is 60.7 Å². The third-order valence-corrected chi connectivity index (χ3v) is 9.20. The van der Waals surface area contributed by atoms with Crippen LogP contribution in [0.3, 0.4) is 0 Å². The Bertz CT molecular complexity index is 1780. The summed E-state index contributed by atoms with van der Waals surface area (Å²) < 4.78 is 62.3. The number of alkyl halides is 3. The van der Waals surface area contributed by atoms with Gasteiger partial charge in [-0.1, -0.05) is 6.92 Å². The van der Waals surface area contributed by atoms with Gasteiger partial charge in [-0.3, -0.25) is 4.79 Å². The third kappa shape index (κ3) is 10.5. The van der Waals surface area contributed by atoms with E-state index in [-0.39, 0.29) is 67.2 Å². The van der Waals surface area contributed by atoms with Crippen molar-refractivity contribution in [1.29, 1.82) is 0 Å². The largest absolute Gasteiger partial charge is 0.490 e. The zero-order valence-electron chi connectivity index (χ0n) is 30.6. The molecule has 3 aromatic carbocycles. The number of aliphatic hydroxyl groups is 1. The predicted octanol–water partition coefficient (Wildman–Crippen LogP) is 7.04. The molecular formula is C38H46F3N5O8. The molecule has 4 N–H and O–H groups in total. The Morgan fingerprint density at radius 3 is 2.28 bits per heavy atom. The van der Waals surface area contributed by atoms with E-state index in [2.05, 4.69) is 16.0 Å². The molecule has 0 radical (unpaired) electrons. The number of hydrogen-bond acceptors (Lipinski definition) is 8. The highest BCUT2D eigenvalue weighted by atomic mass is 19.4. The van der Waals surface area contributed by atoms with Crippen LogP contribution < -0.4 is 30.2 Å². The van der Waals surface area contributed by atoms with E-state index in [4.69, 9.17) is 18.9 Å². The summed E-state index contributed by atoms with van der Waals surface area (Å²) in [4.78, 5) is 43.5. The number of rotatable bonds is 7. The number of carbonyl (C=O) groups excluding carboxylic acids is 3. The van der Waals surface area contributed by atoms with E-state index in [1.165, 1.54) is 15.9 Å². The molecule has 3 aromatic rings. The predicted molar refractivity (Wildman–Crippen MR) is 195 cm³/mol. The van der Waals surface area contributed by atoms with Gasteiger partial charge in [0.15, 0.2) is 11.5 Å². The van der Waals surface area contributed by atoms with Crippen molar-refractivity contribution in [2.24, 2.45) is 5.92 Å². The fraction of sp³-hybridized carbons (Fsp3) is 0.447. The number of urea groups is 2. The molecule has 292 valence electrons. The minimum atomic E-state index is -4.52. The van der Waals surface area contributed by atoms with Gasteiger partial charge in [0.05, 0.1) is 36.0 Å². The van der Waals surface area contributed by atoms with Gasteiger partial charge in [-0.2, -0.15) is 13.2 Å². The molecule has 0 bridgehead atoms. The van der Waals surface area contributed by atoms with Gasteiger partial charge in [0.1, 0.15) is 5.75 Å². The summed E-state index contributed by atoms with van der Waals surface area (Å²) in [6.45, 7) is 6.03. The Kier molecular flexibility index (Phi) is 13.1. The Balaban J connectivity index is 1.34. The summed E-state index contributed by atoms with van der Waals surface area (Å²) in [5, 5.41) is 18.2. The van der Waals surface area contributed by atoms with E-state index in [1.807, 2.05) is 13.8 Å². The molecular weight excluding hydrogens is 711 g/mol. The molecule has 2 aliphatic heterocycles. The standard InChI is InChI=1S/C38H46F3N5O8/c1-23-19-46(24(2)21-47)35(48)30-17-28(43-36(49)42-27-10-8-26(9-11-27)38(39,40)41)12-14-31(30)54-25(3)7-5-6-16-51-34(23)20-45(4)37(50)44-29-13-15-32-33(18-29)53-22-52-32/h8-15,17-18,23-25,34,47H,5-7,16,19-22H2,1-4H3,(H,44,50)(H2,42,43,49)/t23-,24+,25+,34+/m0/s1. The number of likely N-dealkylation sites (N-methyl/N-ethyl adjacent to an activating group) is 1. The van der Waals surface area contributed by atoms with Crippen LogP contribution in [-0.4, -0.2) is 91.3 Å². The van der Waals surface area contributed by atoms with Gasteiger partial charge in [-0.05, 0) is 87.7 Å². The average molecular weight is 758 g/mol. The molecule has 0 aromatic heterocycles. The third-order valence-electron chi connectivity index (χ3n) is 9.20. The Labute approximate surface area is 311 Å². The fourth-order valence-corrected chi connectivity index (χ4v) is 6.04. The monoisotopic (exact) mass is 757 g/mol. The van der Waals surface area contributed by atoms with Crippen molar-refractivity contribution in [1.82, 2.24) is 9.80 Å². The van der Waals surface area contributed by atoms with E-state index < -0.39 is 35.8 Å². The van der Waals surface area contributed by atoms with E-state index in [0.29, 0.717) is 30.2 Å². The van der Waals surface area contributed by atoms with Crippen LogP contribution >= 0.6 is 0 Å². The molecule has 16 heteroatoms. The summed E-state index contributed by atoms with van der Waals surface area (Å²) in [7, 11) is 1.65. The van der Waals surface area contributed by atoms with Gasteiger partial charge < -0.3 is 49.8 Å². The van der Waals surface area contributed by atoms with Gasteiger partial charge in [0, 0.05) is 55.8 Å². The lowest BCUT2D eigenvalue weighted by atomic mass is 10.0. The molecule has 2 heterocycles. The van der Waals surface area contributed by atoms with E-state index in [9.17, 15) is 32.7 Å². The smallest absolute Gasteiger partial charge is 0.416 e. The highest BCUT2D eigenvalue weighted by Gasteiger charge is 2.32. The minimum Gasteiger partial charge on any atom is -0.490 e. The first-order valence-electron chi connectivity index (χ1n) is 17.7. The van der Waals surface area contributed by atoms with Crippen molar-refractivity contribution in [2.45, 2.75) is 64.5 Å². The zero-order chi connectivity index (χ0) is 39.0. The summed E-state index contributed by atoms with van der Waals surface area (Å²) in [5.74, 6) is 0.631. The molecule has 2 aliphatic rings. The Hall–Kier alpha value is -5.22. The van der Waals surface area contributed by atoms with Gasteiger partial charge in [-0.25, -0.2) is 9.59 Å². The van der Waals surface area contributed by atoms with E-state index in [1.54, 1.807) is 44.3 Å². The normalized spacial score (nSPS) is 19.8. The number of nitrogens with zero attached hydrogens (tertiary/aromatic N) is 2. The molecule has 0 saturated carbocycles. The van der Waals surface area contributed by atoms with Crippen molar-refractivity contribution in [3.05, 3.63) is 71.8 Å². The average Bonchev–Trinajstić information content (AvgIpc) is 3.60. The summed E-state index contributed by atoms with van der Waals surface area (Å²) in [5.41, 5.74) is 0.181. The number of hydrogen-bond donors (Lipinski definition) is 4. The van der Waals surface area contributed by atoms with Gasteiger partial charge in [0.25, 0.3) is 5.91 Å². The lowest BCUT2D eigenvalue weighted by Crippen LogP contribution is -2.48. The van der Waals surface area contributed by atoms with Crippen LogP contribution in [0, 0.1) is 5.92 Å². The van der Waals surface area contributed by atoms with Crippen LogP contribution in [0.1, 0.15) is 56.0 Å². The number of nitrogens with one attached hydrogen (secondary N) is 3. The van der Waals surface area contributed by atoms with Gasteiger partial charge in [0.2, 0.25) is 6.79 Å². The number of fused-ring (bicyclic) bond motifs is 2. The number of ether oxygens (including phenoxy) is 4. The molecule has 0 saturated heterocycles. The molecule has 0 spiro atoms. The number of amides is 5. The van der Waals surface area contributed by atoms with Crippen molar-refractivity contribution in [3.8, 4) is 17.2 Å². The van der Waals surface area contributed by atoms with Crippen molar-refractivity contribution < 1.29 is 51.6 Å². The zero-order valence-corrected chi connectivity index (χ0v) is 30.6. The molecule has 4 atom stereocenters. The molecule has 0 fully saturated rings. The van der Waals surface area contributed by atoms with Crippen molar-refractivity contribution in [2.75, 3.05) is 56.1 Å². The highest BCUT2D eigenvalue weighted by Crippen LogP contribution is 2.35. The van der Waals surface area contributed by atoms with E-state index >= 15 is 0 Å². The maximum absolute atomic E-state index is 14.4. The van der Waals surface area contributed by atoms with Crippen LogP contribution in [0.2, 0.25) is 0 Å². The molecule has 0 unspecified atom stereocenters. The van der Waals surface area contributed by atoms with Crippen molar-refractivity contribution in [3.63, 3.8) is 0 Å². The number of halogens is 3. The topological polar surface area (TPSA) is 151 Å².